The van der Waals surface area contributed by atoms with Crippen LogP contribution in [0, 0.1) is 0 Å². The van der Waals surface area contributed by atoms with E-state index < -0.39 is 10.0 Å². The van der Waals surface area contributed by atoms with Crippen LogP contribution < -0.4 is 15.2 Å². The minimum absolute atomic E-state index is 0.0585. The zero-order valence-electron chi connectivity index (χ0n) is 10.8. The fraction of sp³-hybridized carbons (Fsp3) is 0.500. The van der Waals surface area contributed by atoms with Crippen LogP contribution in [-0.4, -0.2) is 34.8 Å². The van der Waals surface area contributed by atoms with E-state index in [0.717, 1.165) is 19.4 Å². The lowest BCUT2D eigenvalue weighted by Crippen LogP contribution is -2.19. The Hall–Kier alpha value is -1.31. The van der Waals surface area contributed by atoms with Gasteiger partial charge in [0.05, 0.1) is 23.8 Å². The second-order valence-electron chi connectivity index (χ2n) is 4.42. The lowest BCUT2D eigenvalue weighted by atomic mass is 10.2. The average molecular weight is 286 g/mol. The maximum absolute atomic E-state index is 11.3. The molecule has 7 heteroatoms. The minimum Gasteiger partial charge on any atom is -0.495 e. The van der Waals surface area contributed by atoms with Crippen molar-refractivity contribution in [2.45, 2.75) is 23.8 Å². The third-order valence-electron chi connectivity index (χ3n) is 3.04. The molecule has 1 saturated heterocycles. The zero-order chi connectivity index (χ0) is 13.9. The van der Waals surface area contributed by atoms with Crippen molar-refractivity contribution in [3.63, 3.8) is 0 Å². The first-order valence-electron chi connectivity index (χ1n) is 6.07. The maximum Gasteiger partial charge on any atom is 0.238 e. The van der Waals surface area contributed by atoms with E-state index in [9.17, 15) is 8.42 Å². The smallest absolute Gasteiger partial charge is 0.238 e. The second kappa shape index (κ2) is 5.77. The third kappa shape index (κ3) is 3.59. The van der Waals surface area contributed by atoms with Gasteiger partial charge in [-0.2, -0.15) is 0 Å². The Labute approximate surface area is 112 Å². The Morgan fingerprint density at radius 2 is 2.32 bits per heavy atom. The summed E-state index contributed by atoms with van der Waals surface area (Å²) in [5.74, 6) is 0.574. The molecular weight excluding hydrogens is 268 g/mol. The number of hydrogen-bond acceptors (Lipinski definition) is 5. The molecule has 1 aliphatic rings. The van der Waals surface area contributed by atoms with Crippen LogP contribution >= 0.6 is 0 Å². The zero-order valence-corrected chi connectivity index (χ0v) is 11.6. The van der Waals surface area contributed by atoms with E-state index in [-0.39, 0.29) is 11.0 Å². The van der Waals surface area contributed by atoms with E-state index in [1.165, 1.54) is 19.2 Å². The summed E-state index contributed by atoms with van der Waals surface area (Å²) in [5.41, 5.74) is 0.601. The van der Waals surface area contributed by atoms with Crippen molar-refractivity contribution in [1.82, 2.24) is 0 Å². The number of primary sulfonamides is 1. The Morgan fingerprint density at radius 3 is 2.89 bits per heavy atom. The summed E-state index contributed by atoms with van der Waals surface area (Å²) in [7, 11) is -2.18. The normalized spacial score (nSPS) is 19.4. The number of nitrogens with one attached hydrogen (secondary N) is 1. The van der Waals surface area contributed by atoms with E-state index in [0.29, 0.717) is 18.0 Å². The molecule has 1 heterocycles. The quantitative estimate of drug-likeness (QED) is 0.840. The van der Waals surface area contributed by atoms with Crippen molar-refractivity contribution < 1.29 is 17.9 Å². The SMILES string of the molecule is COc1ccc(S(N)(=O)=O)cc1NCC1CCCO1. The molecule has 0 amide bonds. The highest BCUT2D eigenvalue weighted by molar-refractivity contribution is 7.89. The van der Waals surface area contributed by atoms with Crippen molar-refractivity contribution in [1.29, 1.82) is 0 Å². The van der Waals surface area contributed by atoms with Crippen molar-refractivity contribution in [2.75, 3.05) is 25.6 Å². The van der Waals surface area contributed by atoms with Crippen LogP contribution in [0.4, 0.5) is 5.69 Å². The van der Waals surface area contributed by atoms with Gasteiger partial charge in [-0.15, -0.1) is 0 Å². The molecule has 0 aromatic heterocycles. The molecule has 2 rings (SSSR count). The van der Waals surface area contributed by atoms with Gasteiger partial charge in [0.2, 0.25) is 10.0 Å². The predicted molar refractivity (Wildman–Crippen MR) is 71.8 cm³/mol. The molecule has 1 atom stereocenters. The first-order chi connectivity index (χ1) is 9.00. The van der Waals surface area contributed by atoms with Gasteiger partial charge in [-0.05, 0) is 31.0 Å². The average Bonchev–Trinajstić information content (AvgIpc) is 2.88. The maximum atomic E-state index is 11.3. The summed E-state index contributed by atoms with van der Waals surface area (Å²) in [4.78, 5) is 0.0585. The van der Waals surface area contributed by atoms with Gasteiger partial charge >= 0.3 is 0 Å². The Morgan fingerprint density at radius 1 is 1.53 bits per heavy atom. The lowest BCUT2D eigenvalue weighted by Gasteiger charge is -2.15. The van der Waals surface area contributed by atoms with Crippen molar-refractivity contribution in [3.05, 3.63) is 18.2 Å². The molecule has 3 N–H and O–H groups in total. The number of sulfonamides is 1. The minimum atomic E-state index is -3.71. The number of ether oxygens (including phenoxy) is 2. The fourth-order valence-electron chi connectivity index (χ4n) is 2.03. The largest absolute Gasteiger partial charge is 0.495 e. The first kappa shape index (κ1) is 14.1. The fourth-order valence-corrected chi connectivity index (χ4v) is 2.57. The lowest BCUT2D eigenvalue weighted by molar-refractivity contribution is 0.120. The molecular formula is C12H18N2O4S. The Bertz CT molecular complexity index is 539. The number of benzene rings is 1. The number of anilines is 1. The molecule has 1 aromatic rings. The number of methoxy groups -OCH3 is 1. The van der Waals surface area contributed by atoms with Crippen LogP contribution in [-0.2, 0) is 14.8 Å². The molecule has 1 aromatic carbocycles. The molecule has 1 unspecified atom stereocenters. The second-order valence-corrected chi connectivity index (χ2v) is 5.98. The highest BCUT2D eigenvalue weighted by Gasteiger charge is 2.17. The topological polar surface area (TPSA) is 90.7 Å². The van der Waals surface area contributed by atoms with Gasteiger partial charge in [0, 0.05) is 13.2 Å². The highest BCUT2D eigenvalue weighted by atomic mass is 32.2. The summed E-state index contributed by atoms with van der Waals surface area (Å²) >= 11 is 0. The van der Waals surface area contributed by atoms with E-state index in [1.807, 2.05) is 0 Å². The van der Waals surface area contributed by atoms with Gasteiger partial charge in [-0.25, -0.2) is 13.6 Å². The molecule has 1 aliphatic heterocycles. The van der Waals surface area contributed by atoms with Crippen LogP contribution in [0.15, 0.2) is 23.1 Å². The van der Waals surface area contributed by atoms with E-state index in [4.69, 9.17) is 14.6 Å². The Kier molecular flexibility index (Phi) is 4.28. The molecule has 0 bridgehead atoms. The third-order valence-corrected chi connectivity index (χ3v) is 3.95. The summed E-state index contributed by atoms with van der Waals surface area (Å²) in [6.45, 7) is 1.39. The number of hydrogen-bond donors (Lipinski definition) is 2. The standard InChI is InChI=1S/C12H18N2O4S/c1-17-12-5-4-10(19(13,15)16)7-11(12)14-8-9-3-2-6-18-9/h4-5,7,9,14H,2-3,6,8H2,1H3,(H2,13,15,16). The van der Waals surface area contributed by atoms with Gasteiger partial charge in [-0.1, -0.05) is 0 Å². The van der Waals surface area contributed by atoms with Gasteiger partial charge in [-0.3, -0.25) is 0 Å². The summed E-state index contributed by atoms with van der Waals surface area (Å²) < 4.78 is 33.3. The predicted octanol–water partition coefficient (Wildman–Crippen LogP) is 0.933. The number of rotatable bonds is 5. The van der Waals surface area contributed by atoms with Crippen LogP contribution in [0.25, 0.3) is 0 Å². The summed E-state index contributed by atoms with van der Waals surface area (Å²) in [6, 6.07) is 4.48. The monoisotopic (exact) mass is 286 g/mol. The van der Waals surface area contributed by atoms with Crippen molar-refractivity contribution >= 4 is 15.7 Å². The molecule has 0 spiro atoms. The molecule has 106 valence electrons. The molecule has 1 fully saturated rings. The van der Waals surface area contributed by atoms with Crippen LogP contribution in [0.3, 0.4) is 0 Å². The molecule has 6 nitrogen and oxygen atoms in total. The molecule has 0 saturated carbocycles. The van der Waals surface area contributed by atoms with E-state index in [2.05, 4.69) is 5.32 Å². The molecule has 19 heavy (non-hydrogen) atoms. The first-order valence-corrected chi connectivity index (χ1v) is 7.61. The highest BCUT2D eigenvalue weighted by Crippen LogP contribution is 2.27. The van der Waals surface area contributed by atoms with Gasteiger partial charge < -0.3 is 14.8 Å². The molecule has 0 aliphatic carbocycles. The van der Waals surface area contributed by atoms with Gasteiger partial charge in [0.1, 0.15) is 5.75 Å². The van der Waals surface area contributed by atoms with Crippen LogP contribution in [0.2, 0.25) is 0 Å². The van der Waals surface area contributed by atoms with E-state index >= 15 is 0 Å². The van der Waals surface area contributed by atoms with Crippen LogP contribution in [0.5, 0.6) is 5.75 Å². The molecule has 0 radical (unpaired) electrons. The van der Waals surface area contributed by atoms with Gasteiger partial charge in [0.15, 0.2) is 0 Å². The number of nitrogens with two attached hydrogens (primary N) is 1. The summed E-state index contributed by atoms with van der Waals surface area (Å²) in [6.07, 6.45) is 2.22. The van der Waals surface area contributed by atoms with E-state index in [1.54, 1.807) is 6.07 Å². The van der Waals surface area contributed by atoms with Crippen LogP contribution in [0.1, 0.15) is 12.8 Å². The van der Waals surface area contributed by atoms with Crippen molar-refractivity contribution in [3.8, 4) is 5.75 Å². The van der Waals surface area contributed by atoms with Crippen molar-refractivity contribution in [2.24, 2.45) is 5.14 Å². The summed E-state index contributed by atoms with van der Waals surface area (Å²) in [5, 5.41) is 8.26. The van der Waals surface area contributed by atoms with Gasteiger partial charge in [0.25, 0.3) is 0 Å². The Balaban J connectivity index is 2.16.